The highest BCUT2D eigenvalue weighted by Gasteiger charge is 2.04. The van der Waals surface area contributed by atoms with Crippen molar-refractivity contribution in [2.24, 2.45) is 0 Å². The summed E-state index contributed by atoms with van der Waals surface area (Å²) < 4.78 is 0. The topological polar surface area (TPSA) is 53.2 Å². The van der Waals surface area contributed by atoms with Gasteiger partial charge in [-0.25, -0.2) is 4.79 Å². The van der Waals surface area contributed by atoms with E-state index < -0.39 is 0 Å². The Morgan fingerprint density at radius 3 is 3.07 bits per heavy atom. The molecule has 0 aromatic carbocycles. The SMILES string of the molecule is CCCNC(=O)NCC1=CCNCC1. The lowest BCUT2D eigenvalue weighted by Gasteiger charge is -2.14. The van der Waals surface area contributed by atoms with E-state index in [0.717, 1.165) is 32.5 Å². The Labute approximate surface area is 85.1 Å². The Kier molecular flexibility index (Phi) is 5.07. The molecule has 0 saturated heterocycles. The van der Waals surface area contributed by atoms with Crippen LogP contribution in [0.4, 0.5) is 4.79 Å². The summed E-state index contributed by atoms with van der Waals surface area (Å²) in [4.78, 5) is 11.2. The third kappa shape index (κ3) is 4.28. The molecule has 4 heteroatoms. The maximum atomic E-state index is 11.2. The van der Waals surface area contributed by atoms with E-state index in [1.807, 2.05) is 6.92 Å². The Bertz CT molecular complexity index is 213. The zero-order valence-corrected chi connectivity index (χ0v) is 8.73. The molecule has 1 heterocycles. The van der Waals surface area contributed by atoms with Gasteiger partial charge in [0.15, 0.2) is 0 Å². The molecule has 1 rings (SSSR count). The number of carbonyl (C=O) groups excluding carboxylic acids is 1. The molecular formula is C10H19N3O. The van der Waals surface area contributed by atoms with E-state index in [0.29, 0.717) is 6.54 Å². The Hall–Kier alpha value is -1.03. The van der Waals surface area contributed by atoms with Crippen LogP contribution in [0.3, 0.4) is 0 Å². The van der Waals surface area contributed by atoms with Gasteiger partial charge in [0, 0.05) is 19.6 Å². The first-order chi connectivity index (χ1) is 6.83. The van der Waals surface area contributed by atoms with Crippen molar-refractivity contribution in [3.05, 3.63) is 11.6 Å². The van der Waals surface area contributed by atoms with Gasteiger partial charge in [0.2, 0.25) is 0 Å². The molecule has 0 radical (unpaired) electrons. The fourth-order valence-corrected chi connectivity index (χ4v) is 1.32. The molecule has 0 saturated carbocycles. The van der Waals surface area contributed by atoms with E-state index >= 15 is 0 Å². The predicted molar refractivity (Wildman–Crippen MR) is 57.3 cm³/mol. The van der Waals surface area contributed by atoms with Crippen molar-refractivity contribution >= 4 is 6.03 Å². The van der Waals surface area contributed by atoms with Gasteiger partial charge in [-0.05, 0) is 19.4 Å². The van der Waals surface area contributed by atoms with Gasteiger partial charge in [-0.2, -0.15) is 0 Å². The van der Waals surface area contributed by atoms with E-state index in [1.165, 1.54) is 5.57 Å². The van der Waals surface area contributed by atoms with Crippen molar-refractivity contribution in [2.75, 3.05) is 26.2 Å². The van der Waals surface area contributed by atoms with Gasteiger partial charge < -0.3 is 16.0 Å². The van der Waals surface area contributed by atoms with Crippen molar-refractivity contribution in [3.8, 4) is 0 Å². The molecule has 0 atom stereocenters. The molecule has 4 nitrogen and oxygen atoms in total. The zero-order valence-electron chi connectivity index (χ0n) is 8.73. The smallest absolute Gasteiger partial charge is 0.315 e. The van der Waals surface area contributed by atoms with E-state index in [2.05, 4.69) is 22.0 Å². The first kappa shape index (κ1) is 11.0. The summed E-state index contributed by atoms with van der Waals surface area (Å²) in [5, 5.41) is 8.85. The van der Waals surface area contributed by atoms with Gasteiger partial charge in [0.25, 0.3) is 0 Å². The molecule has 2 amide bonds. The molecule has 1 aliphatic heterocycles. The molecule has 14 heavy (non-hydrogen) atoms. The van der Waals surface area contributed by atoms with Gasteiger partial charge in [0.1, 0.15) is 0 Å². The summed E-state index contributed by atoms with van der Waals surface area (Å²) >= 11 is 0. The molecule has 0 aliphatic carbocycles. The predicted octanol–water partition coefficient (Wildman–Crippen LogP) is 0.615. The molecule has 0 unspecified atom stereocenters. The Morgan fingerprint density at radius 2 is 2.43 bits per heavy atom. The second kappa shape index (κ2) is 6.43. The first-order valence-electron chi connectivity index (χ1n) is 5.23. The second-order valence-corrected chi connectivity index (χ2v) is 3.43. The van der Waals surface area contributed by atoms with Crippen LogP contribution < -0.4 is 16.0 Å². The normalized spacial score (nSPS) is 15.9. The number of carbonyl (C=O) groups is 1. The van der Waals surface area contributed by atoms with Crippen LogP contribution >= 0.6 is 0 Å². The van der Waals surface area contributed by atoms with Crippen LogP contribution in [0, 0.1) is 0 Å². The maximum absolute atomic E-state index is 11.2. The van der Waals surface area contributed by atoms with Gasteiger partial charge in [-0.3, -0.25) is 0 Å². The summed E-state index contributed by atoms with van der Waals surface area (Å²) in [5.41, 5.74) is 1.32. The molecule has 0 aromatic rings. The van der Waals surface area contributed by atoms with Crippen molar-refractivity contribution in [3.63, 3.8) is 0 Å². The minimum Gasteiger partial charge on any atom is -0.338 e. The van der Waals surface area contributed by atoms with Crippen LogP contribution in [-0.4, -0.2) is 32.2 Å². The zero-order chi connectivity index (χ0) is 10.2. The van der Waals surface area contributed by atoms with Crippen LogP contribution in [0.25, 0.3) is 0 Å². The molecule has 80 valence electrons. The lowest BCUT2D eigenvalue weighted by Crippen LogP contribution is -2.37. The summed E-state index contributed by atoms with van der Waals surface area (Å²) in [5.74, 6) is 0. The Morgan fingerprint density at radius 1 is 1.57 bits per heavy atom. The molecular weight excluding hydrogens is 178 g/mol. The quantitative estimate of drug-likeness (QED) is 0.579. The lowest BCUT2D eigenvalue weighted by atomic mass is 10.1. The summed E-state index contributed by atoms with van der Waals surface area (Å²) in [7, 11) is 0. The molecule has 1 aliphatic rings. The number of hydrogen-bond acceptors (Lipinski definition) is 2. The van der Waals surface area contributed by atoms with Crippen molar-refractivity contribution in [1.29, 1.82) is 0 Å². The number of amides is 2. The number of urea groups is 1. The van der Waals surface area contributed by atoms with Gasteiger partial charge in [-0.15, -0.1) is 0 Å². The summed E-state index contributed by atoms with van der Waals surface area (Å²) in [6, 6.07) is -0.0636. The lowest BCUT2D eigenvalue weighted by molar-refractivity contribution is 0.241. The van der Waals surface area contributed by atoms with Crippen LogP contribution in [0.1, 0.15) is 19.8 Å². The van der Waals surface area contributed by atoms with Gasteiger partial charge in [0.05, 0.1) is 0 Å². The fraction of sp³-hybridized carbons (Fsp3) is 0.700. The largest absolute Gasteiger partial charge is 0.338 e. The third-order valence-corrected chi connectivity index (χ3v) is 2.17. The molecule has 0 bridgehead atoms. The Balaban J connectivity index is 2.12. The highest BCUT2D eigenvalue weighted by molar-refractivity contribution is 5.74. The van der Waals surface area contributed by atoms with Crippen LogP contribution in [0.2, 0.25) is 0 Å². The van der Waals surface area contributed by atoms with E-state index in [-0.39, 0.29) is 6.03 Å². The van der Waals surface area contributed by atoms with Gasteiger partial charge in [-0.1, -0.05) is 18.6 Å². The van der Waals surface area contributed by atoms with E-state index in [4.69, 9.17) is 0 Å². The molecule has 0 aromatic heterocycles. The average Bonchev–Trinajstić information content (AvgIpc) is 2.25. The number of hydrogen-bond donors (Lipinski definition) is 3. The molecule has 0 spiro atoms. The van der Waals surface area contributed by atoms with E-state index in [9.17, 15) is 4.79 Å². The van der Waals surface area contributed by atoms with Crippen molar-refractivity contribution in [2.45, 2.75) is 19.8 Å². The summed E-state index contributed by atoms with van der Waals surface area (Å²) in [6.07, 6.45) is 4.15. The van der Waals surface area contributed by atoms with Gasteiger partial charge >= 0.3 is 6.03 Å². The third-order valence-electron chi connectivity index (χ3n) is 2.17. The monoisotopic (exact) mass is 197 g/mol. The van der Waals surface area contributed by atoms with Crippen LogP contribution in [0.5, 0.6) is 0 Å². The number of rotatable bonds is 4. The van der Waals surface area contributed by atoms with Crippen molar-refractivity contribution in [1.82, 2.24) is 16.0 Å². The fourth-order valence-electron chi connectivity index (χ4n) is 1.32. The summed E-state index contributed by atoms with van der Waals surface area (Å²) in [6.45, 7) is 5.40. The minimum absolute atomic E-state index is 0.0636. The van der Waals surface area contributed by atoms with E-state index in [1.54, 1.807) is 0 Å². The first-order valence-corrected chi connectivity index (χ1v) is 5.23. The second-order valence-electron chi connectivity index (χ2n) is 3.43. The molecule has 3 N–H and O–H groups in total. The van der Waals surface area contributed by atoms with Crippen LogP contribution in [-0.2, 0) is 0 Å². The number of nitrogens with one attached hydrogen (secondary N) is 3. The minimum atomic E-state index is -0.0636. The maximum Gasteiger partial charge on any atom is 0.315 e. The van der Waals surface area contributed by atoms with Crippen LogP contribution in [0.15, 0.2) is 11.6 Å². The van der Waals surface area contributed by atoms with Crippen molar-refractivity contribution < 1.29 is 4.79 Å². The molecule has 0 fully saturated rings. The average molecular weight is 197 g/mol. The standard InChI is InChI=1S/C10H19N3O/c1-2-5-12-10(14)13-8-9-3-6-11-7-4-9/h3,11H,2,4-8H2,1H3,(H2,12,13,14). The highest BCUT2D eigenvalue weighted by Crippen LogP contribution is 2.01. The highest BCUT2D eigenvalue weighted by atomic mass is 16.2.